The molecule has 0 radical (unpaired) electrons. The van der Waals surface area contributed by atoms with Crippen molar-refractivity contribution in [3.05, 3.63) is 23.2 Å². The van der Waals surface area contributed by atoms with Crippen LogP contribution >= 0.6 is 11.6 Å². The fourth-order valence-electron chi connectivity index (χ4n) is 1.83. The second-order valence-corrected chi connectivity index (χ2v) is 4.17. The summed E-state index contributed by atoms with van der Waals surface area (Å²) in [6, 6.07) is 1.57. The molecular weight excluding hydrogens is 217 g/mol. The van der Waals surface area contributed by atoms with Gasteiger partial charge < -0.3 is 10.6 Å². The number of nitrogens with two attached hydrogens (primary N) is 1. The normalized spacial score (nSPS) is 21.8. The molecule has 82 valence electrons. The molecule has 1 saturated heterocycles. The monoisotopic (exact) mass is 229 g/mol. The van der Waals surface area contributed by atoms with Crippen LogP contribution in [0.5, 0.6) is 0 Å². The van der Waals surface area contributed by atoms with Crippen molar-refractivity contribution in [2.24, 2.45) is 5.73 Å². The third-order valence-electron chi connectivity index (χ3n) is 2.60. The summed E-state index contributed by atoms with van der Waals surface area (Å²) >= 11 is 5.52. The van der Waals surface area contributed by atoms with Crippen LogP contribution in [0.3, 0.4) is 0 Å². The zero-order valence-electron chi connectivity index (χ0n) is 8.29. The summed E-state index contributed by atoms with van der Waals surface area (Å²) in [6.07, 6.45) is 3.65. The molecule has 2 heterocycles. The minimum atomic E-state index is -0.478. The molecule has 1 aromatic heterocycles. The molecule has 5 heteroatoms. The lowest BCUT2D eigenvalue weighted by atomic mass is 10.1. The van der Waals surface area contributed by atoms with E-state index in [0.29, 0.717) is 0 Å². The summed E-state index contributed by atoms with van der Waals surface area (Å²) in [5, 5.41) is -0.0833. The van der Waals surface area contributed by atoms with E-state index in [-0.39, 0.29) is 11.2 Å². The Morgan fingerprint density at radius 3 is 3.07 bits per heavy atom. The number of hydrogen-bond acceptors (Lipinski definition) is 3. The molecule has 1 aliphatic rings. The zero-order chi connectivity index (χ0) is 10.8. The number of anilines is 1. The molecular formula is C10H13ClFN3. The molecule has 0 aliphatic carbocycles. The number of aromatic nitrogens is 1. The molecule has 1 aliphatic heterocycles. The first-order valence-corrected chi connectivity index (χ1v) is 5.36. The van der Waals surface area contributed by atoms with Crippen LogP contribution in [0.2, 0.25) is 5.15 Å². The molecule has 2 N–H and O–H groups in total. The maximum Gasteiger partial charge on any atom is 0.164 e. The predicted octanol–water partition coefficient (Wildman–Crippen LogP) is 1.80. The Bertz CT molecular complexity index is 359. The number of pyridine rings is 1. The van der Waals surface area contributed by atoms with Crippen molar-refractivity contribution < 1.29 is 4.39 Å². The number of rotatable bonds is 1. The van der Waals surface area contributed by atoms with E-state index in [2.05, 4.69) is 4.98 Å². The van der Waals surface area contributed by atoms with Crippen molar-refractivity contribution in [1.29, 1.82) is 0 Å². The molecule has 2 rings (SSSR count). The molecule has 0 amide bonds. The molecule has 15 heavy (non-hydrogen) atoms. The van der Waals surface area contributed by atoms with E-state index in [0.717, 1.165) is 31.6 Å². The van der Waals surface area contributed by atoms with E-state index in [4.69, 9.17) is 17.3 Å². The van der Waals surface area contributed by atoms with Crippen LogP contribution in [-0.2, 0) is 0 Å². The molecule has 1 fully saturated rings. The lowest BCUT2D eigenvalue weighted by molar-refractivity contribution is 0.504. The molecule has 0 aromatic carbocycles. The Labute approximate surface area is 93.0 Å². The van der Waals surface area contributed by atoms with Gasteiger partial charge in [0.15, 0.2) is 11.0 Å². The molecule has 1 atom stereocenters. The van der Waals surface area contributed by atoms with Crippen molar-refractivity contribution in [3.63, 3.8) is 0 Å². The van der Waals surface area contributed by atoms with Crippen LogP contribution in [0.4, 0.5) is 10.1 Å². The summed E-state index contributed by atoms with van der Waals surface area (Å²) in [6.45, 7) is 1.65. The van der Waals surface area contributed by atoms with Gasteiger partial charge in [-0.25, -0.2) is 9.37 Å². The van der Waals surface area contributed by atoms with Crippen molar-refractivity contribution in [2.75, 3.05) is 18.0 Å². The number of nitrogens with zero attached hydrogens (tertiary/aromatic N) is 2. The van der Waals surface area contributed by atoms with Gasteiger partial charge in [0.25, 0.3) is 0 Å². The third kappa shape index (κ3) is 2.38. The van der Waals surface area contributed by atoms with Gasteiger partial charge >= 0.3 is 0 Å². The fraction of sp³-hybridized carbons (Fsp3) is 0.500. The fourth-order valence-corrected chi connectivity index (χ4v) is 1.93. The highest BCUT2D eigenvalue weighted by molar-refractivity contribution is 6.29. The van der Waals surface area contributed by atoms with Gasteiger partial charge in [-0.05, 0) is 12.8 Å². The molecule has 0 spiro atoms. The number of halogens is 2. The highest BCUT2D eigenvalue weighted by atomic mass is 35.5. The molecule has 1 aromatic rings. The van der Waals surface area contributed by atoms with Gasteiger partial charge in [0.1, 0.15) is 0 Å². The summed E-state index contributed by atoms with van der Waals surface area (Å²) in [5.74, 6) is -0.478. The van der Waals surface area contributed by atoms with Crippen LogP contribution in [0.15, 0.2) is 12.3 Å². The van der Waals surface area contributed by atoms with Gasteiger partial charge in [0.2, 0.25) is 0 Å². The molecule has 0 bridgehead atoms. The van der Waals surface area contributed by atoms with E-state index in [9.17, 15) is 4.39 Å². The number of piperidine rings is 1. The first-order chi connectivity index (χ1) is 7.16. The average molecular weight is 230 g/mol. The van der Waals surface area contributed by atoms with Gasteiger partial charge in [-0.3, -0.25) is 0 Å². The highest BCUT2D eigenvalue weighted by Gasteiger charge is 2.18. The van der Waals surface area contributed by atoms with Gasteiger partial charge in [0.05, 0.1) is 11.9 Å². The summed E-state index contributed by atoms with van der Waals surface area (Å²) in [4.78, 5) is 5.83. The minimum absolute atomic E-state index is 0.0833. The Morgan fingerprint density at radius 2 is 2.40 bits per heavy atom. The van der Waals surface area contributed by atoms with Gasteiger partial charge in [0, 0.05) is 25.2 Å². The third-order valence-corrected chi connectivity index (χ3v) is 2.88. The lowest BCUT2D eigenvalue weighted by Gasteiger charge is -2.32. The van der Waals surface area contributed by atoms with Gasteiger partial charge in [-0.2, -0.15) is 0 Å². The topological polar surface area (TPSA) is 42.1 Å². The Kier molecular flexibility index (Phi) is 3.07. The van der Waals surface area contributed by atoms with Crippen LogP contribution < -0.4 is 10.6 Å². The van der Waals surface area contributed by atoms with Crippen LogP contribution in [-0.4, -0.2) is 24.1 Å². The second kappa shape index (κ2) is 4.33. The largest absolute Gasteiger partial charge is 0.369 e. The first-order valence-electron chi connectivity index (χ1n) is 4.98. The Balaban J connectivity index is 2.18. The summed E-state index contributed by atoms with van der Waals surface area (Å²) in [7, 11) is 0. The van der Waals surface area contributed by atoms with Crippen LogP contribution in [0.25, 0.3) is 0 Å². The maximum absolute atomic E-state index is 13.2. The van der Waals surface area contributed by atoms with E-state index in [1.807, 2.05) is 4.90 Å². The summed E-state index contributed by atoms with van der Waals surface area (Å²) in [5.41, 5.74) is 6.61. The maximum atomic E-state index is 13.2. The standard InChI is InChI=1S/C10H13ClFN3/c11-10-9(12)4-8(5-14-10)15-3-1-2-7(13)6-15/h4-5,7H,1-3,6,13H2. The first kappa shape index (κ1) is 10.6. The predicted molar refractivity (Wildman–Crippen MR) is 58.6 cm³/mol. The van der Waals surface area contributed by atoms with Crippen molar-refractivity contribution in [2.45, 2.75) is 18.9 Å². The molecule has 3 nitrogen and oxygen atoms in total. The van der Waals surface area contributed by atoms with Crippen molar-refractivity contribution >= 4 is 17.3 Å². The van der Waals surface area contributed by atoms with Gasteiger partial charge in [-0.15, -0.1) is 0 Å². The average Bonchev–Trinajstić information content (AvgIpc) is 2.22. The van der Waals surface area contributed by atoms with Gasteiger partial charge in [-0.1, -0.05) is 11.6 Å². The number of hydrogen-bond donors (Lipinski definition) is 1. The Morgan fingerprint density at radius 1 is 1.60 bits per heavy atom. The highest BCUT2D eigenvalue weighted by Crippen LogP contribution is 2.22. The van der Waals surface area contributed by atoms with E-state index in [1.165, 1.54) is 6.07 Å². The SMILES string of the molecule is NC1CCCN(c2cnc(Cl)c(F)c2)C1. The smallest absolute Gasteiger partial charge is 0.164 e. The van der Waals surface area contributed by atoms with E-state index in [1.54, 1.807) is 6.20 Å². The minimum Gasteiger partial charge on any atom is -0.369 e. The quantitative estimate of drug-likeness (QED) is 0.747. The van der Waals surface area contributed by atoms with Crippen molar-refractivity contribution in [3.8, 4) is 0 Å². The lowest BCUT2D eigenvalue weighted by Crippen LogP contribution is -2.42. The molecule has 0 saturated carbocycles. The van der Waals surface area contributed by atoms with E-state index >= 15 is 0 Å². The summed E-state index contributed by atoms with van der Waals surface area (Å²) < 4.78 is 13.2. The Hall–Kier alpha value is -0.870. The van der Waals surface area contributed by atoms with Crippen LogP contribution in [0, 0.1) is 5.82 Å². The van der Waals surface area contributed by atoms with Crippen molar-refractivity contribution in [1.82, 2.24) is 4.98 Å². The van der Waals surface area contributed by atoms with E-state index < -0.39 is 5.82 Å². The van der Waals surface area contributed by atoms with Crippen LogP contribution in [0.1, 0.15) is 12.8 Å². The second-order valence-electron chi connectivity index (χ2n) is 3.81. The molecule has 1 unspecified atom stereocenters. The zero-order valence-corrected chi connectivity index (χ0v) is 9.04.